The summed E-state index contributed by atoms with van der Waals surface area (Å²) in [5.74, 6) is -0.525. The number of nitrogens with zero attached hydrogens (tertiary/aromatic N) is 4. The number of likely N-dealkylation sites (tertiary alicyclic amines) is 2. The maximum atomic E-state index is 12.3. The molecule has 2 aliphatic rings. The first-order valence-corrected chi connectivity index (χ1v) is 10.0. The second-order valence-electron chi connectivity index (χ2n) is 8.35. The van der Waals surface area contributed by atoms with Gasteiger partial charge in [-0.3, -0.25) is 24.6 Å². The van der Waals surface area contributed by atoms with E-state index >= 15 is 0 Å². The number of fused-ring (bicyclic) bond motifs is 2. The van der Waals surface area contributed by atoms with Gasteiger partial charge in [0.05, 0.1) is 10.9 Å². The SMILES string of the molecule is O=C(O)[C@@]12CN(Cc3cccnc3)C[C@@H]1CN(Cc1ccnc3ccccc13)C2. The van der Waals surface area contributed by atoms with Gasteiger partial charge in [0, 0.05) is 69.2 Å². The third-order valence-corrected chi connectivity index (χ3v) is 6.44. The summed E-state index contributed by atoms with van der Waals surface area (Å²) in [4.78, 5) is 25.5. The molecule has 0 bridgehead atoms. The maximum absolute atomic E-state index is 12.3. The van der Waals surface area contributed by atoms with Gasteiger partial charge in [-0.15, -0.1) is 0 Å². The molecule has 6 heteroatoms. The molecule has 2 saturated heterocycles. The summed E-state index contributed by atoms with van der Waals surface area (Å²) in [6.07, 6.45) is 5.47. The standard InChI is InChI=1S/C23H24N4O2/c28-22(29)23-15-26(11-17-4-3-8-24-10-17)13-19(23)14-27(16-23)12-18-7-9-25-21-6-2-1-5-20(18)21/h1-10,19H,11-16H2,(H,28,29)/t19-,23-/m1/s1. The van der Waals surface area contributed by atoms with Crippen molar-refractivity contribution in [2.45, 2.75) is 13.1 Å². The molecule has 2 atom stereocenters. The molecule has 0 unspecified atom stereocenters. The number of hydrogen-bond donors (Lipinski definition) is 1. The highest BCUT2D eigenvalue weighted by atomic mass is 16.4. The van der Waals surface area contributed by atoms with E-state index in [0.717, 1.165) is 42.6 Å². The minimum Gasteiger partial charge on any atom is -0.481 e. The van der Waals surface area contributed by atoms with Gasteiger partial charge in [0.2, 0.25) is 0 Å². The third-order valence-electron chi connectivity index (χ3n) is 6.44. The van der Waals surface area contributed by atoms with Crippen LogP contribution in [0.4, 0.5) is 0 Å². The molecule has 29 heavy (non-hydrogen) atoms. The first-order chi connectivity index (χ1) is 14.1. The van der Waals surface area contributed by atoms with Crippen molar-refractivity contribution in [1.29, 1.82) is 0 Å². The van der Waals surface area contributed by atoms with E-state index in [4.69, 9.17) is 0 Å². The molecular formula is C23H24N4O2. The number of benzene rings is 1. The topological polar surface area (TPSA) is 69.6 Å². The Bertz CT molecular complexity index is 1040. The summed E-state index contributed by atoms with van der Waals surface area (Å²) in [7, 11) is 0. The zero-order valence-corrected chi connectivity index (χ0v) is 16.2. The van der Waals surface area contributed by atoms with Crippen LogP contribution < -0.4 is 0 Å². The minimum atomic E-state index is -0.689. The van der Waals surface area contributed by atoms with Crippen LogP contribution >= 0.6 is 0 Å². The van der Waals surface area contributed by atoms with E-state index in [1.54, 1.807) is 6.20 Å². The molecule has 4 heterocycles. The van der Waals surface area contributed by atoms with Crippen LogP contribution in [0.2, 0.25) is 0 Å². The summed E-state index contributed by atoms with van der Waals surface area (Å²) in [6, 6.07) is 14.2. The Morgan fingerprint density at radius 2 is 1.83 bits per heavy atom. The van der Waals surface area contributed by atoms with Gasteiger partial charge in [-0.1, -0.05) is 24.3 Å². The Kier molecular flexibility index (Phi) is 4.53. The molecular weight excluding hydrogens is 364 g/mol. The Balaban J connectivity index is 1.33. The highest BCUT2D eigenvalue weighted by Crippen LogP contribution is 2.43. The monoisotopic (exact) mass is 388 g/mol. The van der Waals surface area contributed by atoms with Gasteiger partial charge in [0.25, 0.3) is 0 Å². The highest BCUT2D eigenvalue weighted by molar-refractivity contribution is 5.82. The smallest absolute Gasteiger partial charge is 0.312 e. The van der Waals surface area contributed by atoms with E-state index in [1.165, 1.54) is 5.56 Å². The van der Waals surface area contributed by atoms with Crippen LogP contribution in [0, 0.1) is 11.3 Å². The van der Waals surface area contributed by atoms with Crippen molar-refractivity contribution in [2.75, 3.05) is 26.2 Å². The number of aromatic nitrogens is 2. The summed E-state index contributed by atoms with van der Waals surface area (Å²) in [6.45, 7) is 4.33. The van der Waals surface area contributed by atoms with Crippen LogP contribution in [0.5, 0.6) is 0 Å². The number of carboxylic acid groups (broad SMARTS) is 1. The van der Waals surface area contributed by atoms with Crippen molar-refractivity contribution in [1.82, 2.24) is 19.8 Å². The molecule has 1 N–H and O–H groups in total. The molecule has 1 aromatic carbocycles. The van der Waals surface area contributed by atoms with Crippen molar-refractivity contribution in [3.05, 3.63) is 72.2 Å². The zero-order chi connectivity index (χ0) is 19.8. The van der Waals surface area contributed by atoms with Crippen LogP contribution in [0.15, 0.2) is 61.1 Å². The lowest BCUT2D eigenvalue weighted by molar-refractivity contribution is -0.149. The Labute approximate surface area is 169 Å². The number of hydrogen-bond acceptors (Lipinski definition) is 5. The second-order valence-corrected chi connectivity index (χ2v) is 8.35. The quantitative estimate of drug-likeness (QED) is 0.725. The predicted octanol–water partition coefficient (Wildman–Crippen LogP) is 2.65. The lowest BCUT2D eigenvalue weighted by Gasteiger charge is -2.25. The van der Waals surface area contributed by atoms with Crippen molar-refractivity contribution in [3.63, 3.8) is 0 Å². The van der Waals surface area contributed by atoms with Crippen molar-refractivity contribution in [2.24, 2.45) is 11.3 Å². The number of para-hydroxylation sites is 1. The Morgan fingerprint density at radius 1 is 1.03 bits per heavy atom. The fourth-order valence-corrected chi connectivity index (χ4v) is 5.10. The van der Waals surface area contributed by atoms with E-state index in [1.807, 2.05) is 36.7 Å². The van der Waals surface area contributed by atoms with E-state index < -0.39 is 11.4 Å². The van der Waals surface area contributed by atoms with Gasteiger partial charge >= 0.3 is 5.97 Å². The molecule has 2 aromatic heterocycles. The molecule has 0 spiro atoms. The van der Waals surface area contributed by atoms with E-state index in [9.17, 15) is 9.90 Å². The lowest BCUT2D eigenvalue weighted by atomic mass is 9.81. The van der Waals surface area contributed by atoms with Gasteiger partial charge in [0.15, 0.2) is 0 Å². The van der Waals surface area contributed by atoms with Crippen molar-refractivity contribution in [3.8, 4) is 0 Å². The number of pyridine rings is 2. The average molecular weight is 388 g/mol. The zero-order valence-electron chi connectivity index (χ0n) is 16.2. The summed E-state index contributed by atoms with van der Waals surface area (Å²) in [5, 5.41) is 11.3. The number of carboxylic acids is 1. The average Bonchev–Trinajstić information content (AvgIpc) is 3.23. The summed E-state index contributed by atoms with van der Waals surface area (Å²) >= 11 is 0. The van der Waals surface area contributed by atoms with Gasteiger partial charge in [-0.05, 0) is 29.3 Å². The second kappa shape index (κ2) is 7.21. The van der Waals surface area contributed by atoms with Gasteiger partial charge in [-0.2, -0.15) is 0 Å². The molecule has 6 nitrogen and oxygen atoms in total. The van der Waals surface area contributed by atoms with Crippen LogP contribution in [-0.4, -0.2) is 57.0 Å². The molecule has 2 aliphatic heterocycles. The molecule has 148 valence electrons. The van der Waals surface area contributed by atoms with E-state index in [-0.39, 0.29) is 5.92 Å². The highest BCUT2D eigenvalue weighted by Gasteiger charge is 2.57. The molecule has 0 saturated carbocycles. The Morgan fingerprint density at radius 3 is 2.55 bits per heavy atom. The van der Waals surface area contributed by atoms with Crippen LogP contribution in [0.1, 0.15) is 11.1 Å². The van der Waals surface area contributed by atoms with E-state index in [2.05, 4.69) is 38.0 Å². The molecule has 0 aliphatic carbocycles. The Hall–Kier alpha value is -2.83. The molecule has 5 rings (SSSR count). The van der Waals surface area contributed by atoms with E-state index in [0.29, 0.717) is 13.1 Å². The first-order valence-electron chi connectivity index (χ1n) is 10.0. The summed E-state index contributed by atoms with van der Waals surface area (Å²) in [5.41, 5.74) is 2.64. The molecule has 2 fully saturated rings. The van der Waals surface area contributed by atoms with Gasteiger partial charge in [0.1, 0.15) is 0 Å². The van der Waals surface area contributed by atoms with Crippen LogP contribution in [-0.2, 0) is 17.9 Å². The number of rotatable bonds is 5. The van der Waals surface area contributed by atoms with Crippen LogP contribution in [0.3, 0.4) is 0 Å². The molecule has 0 radical (unpaired) electrons. The molecule has 3 aromatic rings. The minimum absolute atomic E-state index is 0.143. The van der Waals surface area contributed by atoms with Crippen molar-refractivity contribution >= 4 is 16.9 Å². The van der Waals surface area contributed by atoms with Gasteiger partial charge in [-0.25, -0.2) is 0 Å². The first kappa shape index (κ1) is 18.2. The fraction of sp³-hybridized carbons (Fsp3) is 0.348. The number of carbonyl (C=O) groups is 1. The predicted molar refractivity (Wildman–Crippen MR) is 110 cm³/mol. The normalized spacial score (nSPS) is 24.8. The summed E-state index contributed by atoms with van der Waals surface area (Å²) < 4.78 is 0. The maximum Gasteiger partial charge on any atom is 0.312 e. The largest absolute Gasteiger partial charge is 0.481 e. The van der Waals surface area contributed by atoms with Crippen LogP contribution in [0.25, 0.3) is 10.9 Å². The van der Waals surface area contributed by atoms with Crippen molar-refractivity contribution < 1.29 is 9.90 Å². The fourth-order valence-electron chi connectivity index (χ4n) is 5.10. The lowest BCUT2D eigenvalue weighted by Crippen LogP contribution is -2.40. The van der Waals surface area contributed by atoms with Gasteiger partial charge < -0.3 is 5.11 Å². The molecule has 0 amide bonds. The number of aliphatic carboxylic acids is 1. The third kappa shape index (κ3) is 3.28.